The third kappa shape index (κ3) is 4.78. The molecule has 8 heteroatoms. The summed E-state index contributed by atoms with van der Waals surface area (Å²) in [7, 11) is 1.40. The second-order valence-corrected chi connectivity index (χ2v) is 6.76. The highest BCUT2D eigenvalue weighted by atomic mass is 16.5. The summed E-state index contributed by atoms with van der Waals surface area (Å²) in [5, 5.41) is 23.0. The van der Waals surface area contributed by atoms with Crippen molar-refractivity contribution >= 4 is 5.91 Å². The normalized spacial score (nSPS) is 11.7. The molecule has 0 aliphatic rings. The lowest BCUT2D eigenvalue weighted by molar-refractivity contribution is -0.121. The Morgan fingerprint density at radius 3 is 2.77 bits per heavy atom. The van der Waals surface area contributed by atoms with E-state index in [1.807, 2.05) is 6.07 Å². The molecule has 0 fully saturated rings. The lowest BCUT2D eigenvalue weighted by atomic mass is 9.91. The van der Waals surface area contributed by atoms with Gasteiger partial charge in [-0.25, -0.2) is 0 Å². The fourth-order valence-electron chi connectivity index (χ4n) is 3.10. The van der Waals surface area contributed by atoms with Crippen molar-refractivity contribution in [3.8, 4) is 17.2 Å². The number of phenols is 1. The molecule has 2 aromatic heterocycles. The molecule has 0 aliphatic heterocycles. The highest BCUT2D eigenvalue weighted by Gasteiger charge is 2.26. The first-order chi connectivity index (χ1) is 14.4. The van der Waals surface area contributed by atoms with Gasteiger partial charge >= 0.3 is 0 Å². The van der Waals surface area contributed by atoms with Gasteiger partial charge in [-0.05, 0) is 36.2 Å². The average molecular weight is 410 g/mol. The van der Waals surface area contributed by atoms with Crippen LogP contribution in [0.1, 0.15) is 35.0 Å². The number of aryl methyl sites for hydroxylation is 1. The van der Waals surface area contributed by atoms with Crippen LogP contribution >= 0.6 is 0 Å². The number of carbonyl (C=O) groups is 1. The van der Waals surface area contributed by atoms with Crippen molar-refractivity contribution < 1.29 is 24.2 Å². The summed E-state index contributed by atoms with van der Waals surface area (Å²) in [5.41, 5.74) is 0.768. The van der Waals surface area contributed by atoms with Crippen molar-refractivity contribution in [3.05, 3.63) is 81.7 Å². The Balaban J connectivity index is 1.94. The molecular weight excluding hydrogens is 388 g/mol. The van der Waals surface area contributed by atoms with E-state index in [-0.39, 0.29) is 36.1 Å². The number of benzene rings is 1. The standard InChI is InChI=1S/C22H22N2O6/c1-13-8-18(26)21(28)22(30-13)16(15-5-6-17(25)19(9-15)29-2)10-20(27)24-12-14-4-3-7-23-11-14/h3-9,11,16,25,28H,10,12H2,1-2H3,(H,24,27)/t16-/m1/s1. The van der Waals surface area contributed by atoms with Crippen molar-refractivity contribution in [3.63, 3.8) is 0 Å². The molecule has 8 nitrogen and oxygen atoms in total. The number of ether oxygens (including phenoxy) is 1. The van der Waals surface area contributed by atoms with Gasteiger partial charge in [0.1, 0.15) is 5.76 Å². The van der Waals surface area contributed by atoms with Crippen molar-refractivity contribution in [2.45, 2.75) is 25.8 Å². The Morgan fingerprint density at radius 1 is 1.27 bits per heavy atom. The van der Waals surface area contributed by atoms with Crippen LogP contribution in [0.3, 0.4) is 0 Å². The Morgan fingerprint density at radius 2 is 2.07 bits per heavy atom. The van der Waals surface area contributed by atoms with Crippen molar-refractivity contribution in [2.24, 2.45) is 0 Å². The van der Waals surface area contributed by atoms with Crippen molar-refractivity contribution in [2.75, 3.05) is 7.11 Å². The SMILES string of the molecule is COc1cc([C@@H](CC(=O)NCc2cccnc2)c2oc(C)cc(=O)c2O)ccc1O. The summed E-state index contributed by atoms with van der Waals surface area (Å²) < 4.78 is 10.8. The zero-order chi connectivity index (χ0) is 21.7. The number of nitrogens with one attached hydrogen (secondary N) is 1. The minimum Gasteiger partial charge on any atom is -0.504 e. The van der Waals surface area contributed by atoms with Crippen LogP contribution in [0.2, 0.25) is 0 Å². The zero-order valence-corrected chi connectivity index (χ0v) is 16.6. The number of aromatic hydroxyl groups is 2. The van der Waals surface area contributed by atoms with Gasteiger partial charge in [0.25, 0.3) is 0 Å². The van der Waals surface area contributed by atoms with Crippen LogP contribution in [0, 0.1) is 6.92 Å². The molecular formula is C22H22N2O6. The highest BCUT2D eigenvalue weighted by Crippen LogP contribution is 2.37. The van der Waals surface area contributed by atoms with E-state index < -0.39 is 17.1 Å². The Kier molecular flexibility index (Phi) is 6.36. The molecule has 3 rings (SSSR count). The monoisotopic (exact) mass is 410 g/mol. The average Bonchev–Trinajstić information content (AvgIpc) is 2.74. The number of amides is 1. The fourth-order valence-corrected chi connectivity index (χ4v) is 3.10. The summed E-state index contributed by atoms with van der Waals surface area (Å²) in [6.45, 7) is 1.86. The quantitative estimate of drug-likeness (QED) is 0.547. The molecule has 30 heavy (non-hydrogen) atoms. The maximum Gasteiger partial charge on any atom is 0.227 e. The molecule has 3 N–H and O–H groups in total. The second-order valence-electron chi connectivity index (χ2n) is 6.76. The van der Waals surface area contributed by atoms with E-state index in [9.17, 15) is 19.8 Å². The van der Waals surface area contributed by atoms with E-state index in [0.717, 1.165) is 5.56 Å². The summed E-state index contributed by atoms with van der Waals surface area (Å²) in [5.74, 6) is -1.25. The molecule has 156 valence electrons. The number of rotatable bonds is 7. The first-order valence-corrected chi connectivity index (χ1v) is 9.25. The van der Waals surface area contributed by atoms with E-state index in [2.05, 4.69) is 10.3 Å². The number of nitrogens with zero attached hydrogens (tertiary/aromatic N) is 1. The van der Waals surface area contributed by atoms with Gasteiger partial charge < -0.3 is 24.7 Å². The molecule has 0 spiro atoms. The lowest BCUT2D eigenvalue weighted by Gasteiger charge is -2.19. The predicted octanol–water partition coefficient (Wildman–Crippen LogP) is 2.60. The largest absolute Gasteiger partial charge is 0.504 e. The van der Waals surface area contributed by atoms with E-state index in [0.29, 0.717) is 11.3 Å². The van der Waals surface area contributed by atoms with Crippen LogP contribution < -0.4 is 15.5 Å². The smallest absolute Gasteiger partial charge is 0.227 e. The zero-order valence-electron chi connectivity index (χ0n) is 16.6. The summed E-state index contributed by atoms with van der Waals surface area (Å²) in [6.07, 6.45) is 3.18. The molecule has 0 bridgehead atoms. The van der Waals surface area contributed by atoms with Crippen LogP contribution in [0.5, 0.6) is 17.2 Å². The van der Waals surface area contributed by atoms with Gasteiger partial charge in [0.15, 0.2) is 17.3 Å². The predicted molar refractivity (Wildman–Crippen MR) is 109 cm³/mol. The number of aromatic nitrogens is 1. The molecule has 3 aromatic rings. The number of hydrogen-bond donors (Lipinski definition) is 3. The molecule has 0 saturated carbocycles. The maximum absolute atomic E-state index is 12.7. The number of phenolic OH excluding ortho intramolecular Hbond substituents is 1. The Hall–Kier alpha value is -3.81. The third-order valence-corrected chi connectivity index (χ3v) is 4.60. The van der Waals surface area contributed by atoms with Gasteiger partial charge in [0.2, 0.25) is 17.1 Å². The van der Waals surface area contributed by atoms with E-state index >= 15 is 0 Å². The first-order valence-electron chi connectivity index (χ1n) is 9.25. The molecule has 1 amide bonds. The summed E-state index contributed by atoms with van der Waals surface area (Å²) >= 11 is 0. The van der Waals surface area contributed by atoms with Crippen LogP contribution in [0.15, 0.2) is 58.0 Å². The highest BCUT2D eigenvalue weighted by molar-refractivity contribution is 5.77. The molecule has 1 atom stereocenters. The van der Waals surface area contributed by atoms with Gasteiger partial charge in [-0.2, -0.15) is 0 Å². The maximum atomic E-state index is 12.7. The van der Waals surface area contributed by atoms with Crippen molar-refractivity contribution in [1.82, 2.24) is 10.3 Å². The van der Waals surface area contributed by atoms with Gasteiger partial charge in [-0.15, -0.1) is 0 Å². The number of methoxy groups -OCH3 is 1. The molecule has 1 aromatic carbocycles. The lowest BCUT2D eigenvalue weighted by Crippen LogP contribution is -2.25. The number of hydrogen-bond acceptors (Lipinski definition) is 7. The van der Waals surface area contributed by atoms with Gasteiger partial charge in [0.05, 0.1) is 13.0 Å². The van der Waals surface area contributed by atoms with E-state index in [1.54, 1.807) is 31.5 Å². The molecule has 0 saturated heterocycles. The minimum atomic E-state index is -0.777. The number of pyridine rings is 1. The first kappa shape index (κ1) is 20.9. The minimum absolute atomic E-state index is 0.0238. The molecule has 0 unspecified atom stereocenters. The Bertz CT molecular complexity index is 1090. The molecule has 0 aliphatic carbocycles. The van der Waals surface area contributed by atoms with Gasteiger partial charge in [0, 0.05) is 31.4 Å². The van der Waals surface area contributed by atoms with E-state index in [1.165, 1.54) is 25.3 Å². The summed E-state index contributed by atoms with van der Waals surface area (Å²) in [6, 6.07) is 9.32. The number of carbonyl (C=O) groups excluding carboxylic acids is 1. The molecule has 2 heterocycles. The van der Waals surface area contributed by atoms with Crippen LogP contribution in [-0.4, -0.2) is 28.2 Å². The Labute approximate surface area is 172 Å². The second kappa shape index (κ2) is 9.13. The van der Waals surface area contributed by atoms with Gasteiger partial charge in [-0.3, -0.25) is 14.6 Å². The summed E-state index contributed by atoms with van der Waals surface area (Å²) in [4.78, 5) is 28.8. The van der Waals surface area contributed by atoms with Crippen molar-refractivity contribution in [1.29, 1.82) is 0 Å². The van der Waals surface area contributed by atoms with Crippen LogP contribution in [0.25, 0.3) is 0 Å². The third-order valence-electron chi connectivity index (χ3n) is 4.60. The topological polar surface area (TPSA) is 122 Å². The van der Waals surface area contributed by atoms with Crippen LogP contribution in [-0.2, 0) is 11.3 Å². The van der Waals surface area contributed by atoms with Gasteiger partial charge in [-0.1, -0.05) is 12.1 Å². The van der Waals surface area contributed by atoms with Crippen LogP contribution in [0.4, 0.5) is 0 Å². The van der Waals surface area contributed by atoms with E-state index in [4.69, 9.17) is 9.15 Å². The molecule has 0 radical (unpaired) electrons. The fraction of sp³-hybridized carbons (Fsp3) is 0.227.